The lowest BCUT2D eigenvalue weighted by atomic mass is 10.2. The zero-order valence-corrected chi connectivity index (χ0v) is 13.9. The Labute approximate surface area is 149 Å². The van der Waals surface area contributed by atoms with Crippen LogP contribution in [0.2, 0.25) is 0 Å². The number of pyridine rings is 1. The number of nitrogens with one attached hydrogen (secondary N) is 2. The number of aromatic amines is 1. The van der Waals surface area contributed by atoms with Gasteiger partial charge >= 0.3 is 6.03 Å². The van der Waals surface area contributed by atoms with Crippen molar-refractivity contribution in [2.45, 2.75) is 18.9 Å². The number of likely N-dealkylation sites (tertiary alicyclic amines) is 1. The van der Waals surface area contributed by atoms with E-state index in [0.29, 0.717) is 23.9 Å². The molecule has 0 saturated carbocycles. The van der Waals surface area contributed by atoms with Crippen molar-refractivity contribution in [2.75, 3.05) is 11.9 Å². The molecule has 8 heteroatoms. The second-order valence-electron chi connectivity index (χ2n) is 6.07. The van der Waals surface area contributed by atoms with Crippen molar-refractivity contribution in [3.8, 4) is 11.4 Å². The third-order valence-electron chi connectivity index (χ3n) is 4.35. The first kappa shape index (κ1) is 16.2. The predicted octanol–water partition coefficient (Wildman–Crippen LogP) is 3.37. The third kappa shape index (κ3) is 3.26. The van der Waals surface area contributed by atoms with Crippen LogP contribution in [-0.2, 0) is 0 Å². The Kier molecular flexibility index (Phi) is 4.30. The van der Waals surface area contributed by atoms with Crippen molar-refractivity contribution in [2.24, 2.45) is 0 Å². The molecular formula is C18H17FN6O. The van der Waals surface area contributed by atoms with Gasteiger partial charge in [-0.05, 0) is 49.2 Å². The molecule has 2 N–H and O–H groups in total. The lowest BCUT2D eigenvalue weighted by molar-refractivity contribution is 0.205. The molecule has 1 aromatic carbocycles. The molecule has 3 aromatic rings. The lowest BCUT2D eigenvalue weighted by Crippen LogP contribution is -2.34. The molecule has 1 saturated heterocycles. The molecule has 4 rings (SSSR count). The second-order valence-corrected chi connectivity index (χ2v) is 6.07. The van der Waals surface area contributed by atoms with Crippen LogP contribution in [0.1, 0.15) is 24.7 Å². The molecule has 0 aliphatic carbocycles. The molecular weight excluding hydrogens is 335 g/mol. The predicted molar refractivity (Wildman–Crippen MR) is 93.7 cm³/mol. The van der Waals surface area contributed by atoms with E-state index in [1.807, 2.05) is 12.1 Å². The highest BCUT2D eigenvalue weighted by molar-refractivity contribution is 5.89. The molecule has 7 nitrogen and oxygen atoms in total. The van der Waals surface area contributed by atoms with Crippen LogP contribution in [0.3, 0.4) is 0 Å². The SMILES string of the molecule is O=C(Nc1ccc(F)cc1)N1CCC[C@@H]1c1nc(-c2cccnc2)n[nH]1. The Hall–Kier alpha value is -3.29. The zero-order chi connectivity index (χ0) is 17.9. The summed E-state index contributed by atoms with van der Waals surface area (Å²) in [5.41, 5.74) is 1.37. The first-order valence-corrected chi connectivity index (χ1v) is 8.36. The van der Waals surface area contributed by atoms with E-state index in [9.17, 15) is 9.18 Å². The molecule has 1 fully saturated rings. The summed E-state index contributed by atoms with van der Waals surface area (Å²) in [5.74, 6) is 0.862. The molecule has 1 atom stereocenters. The first-order chi connectivity index (χ1) is 12.7. The van der Waals surface area contributed by atoms with E-state index in [-0.39, 0.29) is 17.9 Å². The molecule has 0 unspecified atom stereocenters. The average molecular weight is 352 g/mol. The summed E-state index contributed by atoms with van der Waals surface area (Å²) in [6, 6.07) is 8.99. The molecule has 1 aliphatic heterocycles. The van der Waals surface area contributed by atoms with Gasteiger partial charge in [-0.15, -0.1) is 0 Å². The van der Waals surface area contributed by atoms with Crippen molar-refractivity contribution in [1.29, 1.82) is 0 Å². The minimum atomic E-state index is -0.341. The van der Waals surface area contributed by atoms with Gasteiger partial charge in [0.15, 0.2) is 5.82 Å². The second kappa shape index (κ2) is 6.91. The van der Waals surface area contributed by atoms with E-state index in [2.05, 4.69) is 25.5 Å². The third-order valence-corrected chi connectivity index (χ3v) is 4.35. The average Bonchev–Trinajstić information content (AvgIpc) is 3.33. The summed E-state index contributed by atoms with van der Waals surface area (Å²) in [5, 5.41) is 9.98. The number of nitrogens with zero attached hydrogens (tertiary/aromatic N) is 4. The Balaban J connectivity index is 1.50. The number of carbonyl (C=O) groups excluding carboxylic acids is 1. The highest BCUT2D eigenvalue weighted by atomic mass is 19.1. The van der Waals surface area contributed by atoms with Gasteiger partial charge in [0.25, 0.3) is 0 Å². The van der Waals surface area contributed by atoms with Crippen molar-refractivity contribution >= 4 is 11.7 Å². The molecule has 132 valence electrons. The Bertz CT molecular complexity index is 896. The minimum Gasteiger partial charge on any atom is -0.314 e. The molecule has 0 bridgehead atoms. The fraction of sp³-hybridized carbons (Fsp3) is 0.222. The van der Waals surface area contributed by atoms with Crippen molar-refractivity contribution < 1.29 is 9.18 Å². The van der Waals surface area contributed by atoms with Crippen molar-refractivity contribution in [1.82, 2.24) is 25.1 Å². The van der Waals surface area contributed by atoms with Crippen LogP contribution in [0.25, 0.3) is 11.4 Å². The minimum absolute atomic E-state index is 0.173. The first-order valence-electron chi connectivity index (χ1n) is 8.36. The monoisotopic (exact) mass is 352 g/mol. The number of H-pyrrole nitrogens is 1. The number of halogens is 1. The number of hydrogen-bond donors (Lipinski definition) is 2. The molecule has 2 aromatic heterocycles. The largest absolute Gasteiger partial charge is 0.322 e. The lowest BCUT2D eigenvalue weighted by Gasteiger charge is -2.23. The normalized spacial score (nSPS) is 16.7. The fourth-order valence-electron chi connectivity index (χ4n) is 3.07. The Morgan fingerprint density at radius 1 is 1.27 bits per heavy atom. The van der Waals surface area contributed by atoms with Gasteiger partial charge in [-0.25, -0.2) is 14.2 Å². The van der Waals surface area contributed by atoms with Gasteiger partial charge in [0, 0.05) is 30.2 Å². The van der Waals surface area contributed by atoms with E-state index >= 15 is 0 Å². The van der Waals surface area contributed by atoms with Crippen LogP contribution in [0.15, 0.2) is 48.8 Å². The van der Waals surface area contributed by atoms with Crippen LogP contribution in [0, 0.1) is 5.82 Å². The van der Waals surface area contributed by atoms with Gasteiger partial charge in [-0.1, -0.05) is 0 Å². The van der Waals surface area contributed by atoms with Crippen LogP contribution in [0.5, 0.6) is 0 Å². The molecule has 1 aliphatic rings. The van der Waals surface area contributed by atoms with Crippen LogP contribution < -0.4 is 5.32 Å². The Morgan fingerprint density at radius 2 is 2.12 bits per heavy atom. The number of aromatic nitrogens is 4. The Morgan fingerprint density at radius 3 is 2.88 bits per heavy atom. The van der Waals surface area contributed by atoms with E-state index in [1.54, 1.807) is 17.3 Å². The number of hydrogen-bond acceptors (Lipinski definition) is 4. The number of benzene rings is 1. The highest BCUT2D eigenvalue weighted by Crippen LogP contribution is 2.31. The van der Waals surface area contributed by atoms with Crippen LogP contribution >= 0.6 is 0 Å². The smallest absolute Gasteiger partial charge is 0.314 e. The summed E-state index contributed by atoms with van der Waals surface area (Å²) in [7, 11) is 0. The van der Waals surface area contributed by atoms with Gasteiger partial charge in [0.1, 0.15) is 11.6 Å². The summed E-state index contributed by atoms with van der Waals surface area (Å²) in [6.07, 6.45) is 5.07. The van der Waals surface area contributed by atoms with Crippen molar-refractivity contribution in [3.05, 3.63) is 60.4 Å². The maximum absolute atomic E-state index is 13.0. The number of carbonyl (C=O) groups is 1. The van der Waals surface area contributed by atoms with Gasteiger partial charge < -0.3 is 10.2 Å². The number of amides is 2. The number of anilines is 1. The van der Waals surface area contributed by atoms with E-state index < -0.39 is 0 Å². The van der Waals surface area contributed by atoms with E-state index in [4.69, 9.17) is 0 Å². The number of urea groups is 1. The quantitative estimate of drug-likeness (QED) is 0.756. The van der Waals surface area contributed by atoms with Crippen molar-refractivity contribution in [3.63, 3.8) is 0 Å². The van der Waals surface area contributed by atoms with Crippen LogP contribution in [0.4, 0.5) is 14.9 Å². The van der Waals surface area contributed by atoms with Gasteiger partial charge in [-0.3, -0.25) is 10.1 Å². The van der Waals surface area contributed by atoms with Crippen LogP contribution in [-0.4, -0.2) is 37.6 Å². The zero-order valence-electron chi connectivity index (χ0n) is 13.9. The molecule has 0 radical (unpaired) electrons. The molecule has 2 amide bonds. The maximum atomic E-state index is 13.0. The topological polar surface area (TPSA) is 86.8 Å². The van der Waals surface area contributed by atoms with Gasteiger partial charge in [-0.2, -0.15) is 5.10 Å². The molecule has 3 heterocycles. The molecule has 0 spiro atoms. The fourth-order valence-corrected chi connectivity index (χ4v) is 3.07. The van der Waals surface area contributed by atoms with E-state index in [1.165, 1.54) is 24.3 Å². The summed E-state index contributed by atoms with van der Waals surface area (Å²) in [4.78, 5) is 22.9. The maximum Gasteiger partial charge on any atom is 0.322 e. The highest BCUT2D eigenvalue weighted by Gasteiger charge is 2.32. The summed E-state index contributed by atoms with van der Waals surface area (Å²) >= 11 is 0. The summed E-state index contributed by atoms with van der Waals surface area (Å²) in [6.45, 7) is 0.626. The van der Waals surface area contributed by atoms with Gasteiger partial charge in [0.05, 0.1) is 6.04 Å². The van der Waals surface area contributed by atoms with E-state index in [0.717, 1.165) is 18.4 Å². The standard InChI is InChI=1S/C18H17FN6O/c19-13-5-7-14(8-6-13)21-18(26)25-10-2-4-15(25)17-22-16(23-24-17)12-3-1-9-20-11-12/h1,3,5-9,11,15H,2,4,10H2,(H,21,26)(H,22,23,24)/t15-/m1/s1. The van der Waals surface area contributed by atoms with Gasteiger partial charge in [0.2, 0.25) is 0 Å². The number of rotatable bonds is 3. The molecule has 26 heavy (non-hydrogen) atoms. The summed E-state index contributed by atoms with van der Waals surface area (Å²) < 4.78 is 13.0.